The third kappa shape index (κ3) is 5.53. The predicted molar refractivity (Wildman–Crippen MR) is 109 cm³/mol. The van der Waals surface area contributed by atoms with Crippen LogP contribution in [0, 0.1) is 5.82 Å². The first-order valence-corrected chi connectivity index (χ1v) is 11.2. The Morgan fingerprint density at radius 1 is 1.24 bits per heavy atom. The first kappa shape index (κ1) is 21.7. The monoisotopic (exact) mass is 443 g/mol. The van der Waals surface area contributed by atoms with Crippen molar-refractivity contribution in [2.24, 2.45) is 0 Å². The Kier molecular flexibility index (Phi) is 6.89. The summed E-state index contributed by atoms with van der Waals surface area (Å²) in [6, 6.07) is 6.10. The Labute approximate surface area is 174 Å². The summed E-state index contributed by atoms with van der Waals surface area (Å²) in [5.41, 5.74) is 0.329. The highest BCUT2D eigenvalue weighted by Crippen LogP contribution is 2.20. The molecule has 29 heavy (non-hydrogen) atoms. The van der Waals surface area contributed by atoms with Crippen molar-refractivity contribution in [1.29, 1.82) is 0 Å². The third-order valence-corrected chi connectivity index (χ3v) is 6.98. The lowest BCUT2D eigenvalue weighted by molar-refractivity contribution is -0.117. The van der Waals surface area contributed by atoms with Gasteiger partial charge in [0.05, 0.1) is 18.8 Å². The maximum absolute atomic E-state index is 13.9. The summed E-state index contributed by atoms with van der Waals surface area (Å²) in [5, 5.41) is 7.25. The summed E-state index contributed by atoms with van der Waals surface area (Å²) >= 11 is 6.03. The second-order valence-corrected chi connectivity index (χ2v) is 9.39. The van der Waals surface area contributed by atoms with Crippen LogP contribution in [-0.4, -0.2) is 71.8 Å². The number of benzene rings is 1. The number of sulfonamides is 1. The zero-order valence-corrected chi connectivity index (χ0v) is 17.6. The summed E-state index contributed by atoms with van der Waals surface area (Å²) in [7, 11) is -3.19. The Morgan fingerprint density at radius 2 is 1.97 bits per heavy atom. The smallest absolute Gasteiger partial charge is 0.239 e. The number of aromatic nitrogens is 2. The molecule has 3 rings (SSSR count). The number of amides is 1. The zero-order chi connectivity index (χ0) is 21.0. The largest absolute Gasteiger partial charge is 0.308 e. The molecule has 0 aliphatic carbocycles. The number of anilines is 1. The molecule has 0 unspecified atom stereocenters. The average Bonchev–Trinajstić information content (AvgIpc) is 3.12. The molecule has 0 radical (unpaired) electrons. The maximum atomic E-state index is 13.9. The fraction of sp³-hybridized carbons (Fsp3) is 0.444. The fourth-order valence-corrected chi connectivity index (χ4v) is 4.40. The van der Waals surface area contributed by atoms with Crippen molar-refractivity contribution in [2.75, 3.05) is 43.8 Å². The van der Waals surface area contributed by atoms with E-state index in [4.69, 9.17) is 11.6 Å². The van der Waals surface area contributed by atoms with Crippen molar-refractivity contribution in [1.82, 2.24) is 19.0 Å². The summed E-state index contributed by atoms with van der Waals surface area (Å²) in [6.07, 6.45) is 1.63. The van der Waals surface area contributed by atoms with Gasteiger partial charge in [0.15, 0.2) is 5.82 Å². The number of hydrogen-bond donors (Lipinski definition) is 1. The molecule has 1 saturated heterocycles. The lowest BCUT2D eigenvalue weighted by Crippen LogP contribution is -2.50. The highest BCUT2D eigenvalue weighted by atomic mass is 35.5. The van der Waals surface area contributed by atoms with Crippen LogP contribution in [0.4, 0.5) is 10.2 Å². The summed E-state index contributed by atoms with van der Waals surface area (Å²) < 4.78 is 40.6. The van der Waals surface area contributed by atoms with E-state index in [1.54, 1.807) is 25.3 Å². The molecule has 1 N–H and O–H groups in total. The van der Waals surface area contributed by atoms with Crippen LogP contribution < -0.4 is 5.32 Å². The molecule has 1 fully saturated rings. The van der Waals surface area contributed by atoms with E-state index in [-0.39, 0.29) is 24.7 Å². The fourth-order valence-electron chi connectivity index (χ4n) is 3.10. The molecule has 1 aromatic carbocycles. The van der Waals surface area contributed by atoms with Gasteiger partial charge in [0.25, 0.3) is 0 Å². The molecule has 1 aliphatic heterocycles. The molecule has 2 aromatic rings. The van der Waals surface area contributed by atoms with Gasteiger partial charge in [-0.3, -0.25) is 14.4 Å². The average molecular weight is 444 g/mol. The van der Waals surface area contributed by atoms with Gasteiger partial charge >= 0.3 is 0 Å². The van der Waals surface area contributed by atoms with Crippen molar-refractivity contribution >= 4 is 33.3 Å². The molecule has 1 aliphatic rings. The van der Waals surface area contributed by atoms with Crippen molar-refractivity contribution in [2.45, 2.75) is 13.5 Å². The van der Waals surface area contributed by atoms with Crippen LogP contribution in [0.3, 0.4) is 0 Å². The standard InChI is InChI=1S/C18H23ClFN5O3S/c1-2-29(27,28)25-10-8-23(9-11-25)13-18(26)21-17-6-7-24(22-17)12-14-15(19)4-3-5-16(14)20/h3-7H,2,8-13H2,1H3,(H,21,22,26). The van der Waals surface area contributed by atoms with Crippen molar-refractivity contribution < 1.29 is 17.6 Å². The van der Waals surface area contributed by atoms with Crippen molar-refractivity contribution in [3.05, 3.63) is 46.9 Å². The number of piperazine rings is 1. The molecular formula is C18H23ClFN5O3S. The van der Waals surface area contributed by atoms with Gasteiger partial charge in [0.1, 0.15) is 5.82 Å². The van der Waals surface area contributed by atoms with E-state index in [0.717, 1.165) is 0 Å². The van der Waals surface area contributed by atoms with Gasteiger partial charge in [-0.2, -0.15) is 9.40 Å². The number of nitrogens with zero attached hydrogens (tertiary/aromatic N) is 4. The van der Waals surface area contributed by atoms with E-state index in [9.17, 15) is 17.6 Å². The van der Waals surface area contributed by atoms with E-state index in [2.05, 4.69) is 10.4 Å². The number of carbonyl (C=O) groups excluding carboxylic acids is 1. The van der Waals surface area contributed by atoms with Crippen LogP contribution in [0.25, 0.3) is 0 Å². The second kappa shape index (κ2) is 9.21. The SMILES string of the molecule is CCS(=O)(=O)N1CCN(CC(=O)Nc2ccn(Cc3c(F)cccc3Cl)n2)CC1. The number of rotatable bonds is 7. The highest BCUT2D eigenvalue weighted by Gasteiger charge is 2.26. The molecule has 0 spiro atoms. The molecule has 0 saturated carbocycles. The lowest BCUT2D eigenvalue weighted by Gasteiger charge is -2.33. The Bertz CT molecular complexity index is 953. The first-order valence-electron chi connectivity index (χ1n) is 9.25. The minimum atomic E-state index is -3.19. The highest BCUT2D eigenvalue weighted by molar-refractivity contribution is 7.89. The van der Waals surface area contributed by atoms with Gasteiger partial charge in [-0.15, -0.1) is 0 Å². The molecular weight excluding hydrogens is 421 g/mol. The molecule has 11 heteroatoms. The van der Waals surface area contributed by atoms with Gasteiger partial charge in [0.2, 0.25) is 15.9 Å². The van der Waals surface area contributed by atoms with Gasteiger partial charge < -0.3 is 5.32 Å². The first-order chi connectivity index (χ1) is 13.8. The molecule has 1 aromatic heterocycles. The number of halogens is 2. The van der Waals surface area contributed by atoms with Crippen LogP contribution >= 0.6 is 11.6 Å². The molecule has 0 atom stereocenters. The Hall–Kier alpha value is -2.01. The quantitative estimate of drug-likeness (QED) is 0.702. The van der Waals surface area contributed by atoms with E-state index in [0.29, 0.717) is 42.6 Å². The minimum Gasteiger partial charge on any atom is -0.308 e. The molecule has 8 nitrogen and oxygen atoms in total. The van der Waals surface area contributed by atoms with Crippen LogP contribution in [-0.2, 0) is 21.4 Å². The van der Waals surface area contributed by atoms with Crippen LogP contribution in [0.2, 0.25) is 5.02 Å². The van der Waals surface area contributed by atoms with Crippen molar-refractivity contribution in [3.8, 4) is 0 Å². The van der Waals surface area contributed by atoms with Gasteiger partial charge in [-0.25, -0.2) is 12.8 Å². The van der Waals surface area contributed by atoms with Crippen LogP contribution in [0.5, 0.6) is 0 Å². The Morgan fingerprint density at radius 3 is 2.62 bits per heavy atom. The third-order valence-electron chi connectivity index (χ3n) is 4.75. The molecule has 2 heterocycles. The summed E-state index contributed by atoms with van der Waals surface area (Å²) in [5.74, 6) is -0.225. The number of nitrogens with one attached hydrogen (secondary N) is 1. The predicted octanol–water partition coefficient (Wildman–Crippen LogP) is 1.63. The van der Waals surface area contributed by atoms with E-state index in [1.165, 1.54) is 21.1 Å². The molecule has 158 valence electrons. The Balaban J connectivity index is 1.51. The maximum Gasteiger partial charge on any atom is 0.239 e. The van der Waals surface area contributed by atoms with E-state index < -0.39 is 15.8 Å². The zero-order valence-electron chi connectivity index (χ0n) is 16.0. The summed E-state index contributed by atoms with van der Waals surface area (Å²) in [4.78, 5) is 14.2. The number of carbonyl (C=O) groups is 1. The van der Waals surface area contributed by atoms with Gasteiger partial charge in [-0.1, -0.05) is 17.7 Å². The second-order valence-electron chi connectivity index (χ2n) is 6.72. The van der Waals surface area contributed by atoms with E-state index >= 15 is 0 Å². The van der Waals surface area contributed by atoms with Gasteiger partial charge in [0, 0.05) is 49.0 Å². The lowest BCUT2D eigenvalue weighted by atomic mass is 10.2. The molecule has 1 amide bonds. The van der Waals surface area contributed by atoms with Gasteiger partial charge in [-0.05, 0) is 19.1 Å². The minimum absolute atomic E-state index is 0.0776. The van der Waals surface area contributed by atoms with Crippen LogP contribution in [0.15, 0.2) is 30.5 Å². The normalized spacial score (nSPS) is 16.1. The van der Waals surface area contributed by atoms with Crippen LogP contribution in [0.1, 0.15) is 12.5 Å². The number of hydrogen-bond acceptors (Lipinski definition) is 5. The molecule has 0 bridgehead atoms. The topological polar surface area (TPSA) is 87.5 Å². The van der Waals surface area contributed by atoms with E-state index in [1.807, 2.05) is 4.90 Å². The van der Waals surface area contributed by atoms with Crippen molar-refractivity contribution in [3.63, 3.8) is 0 Å². The summed E-state index contributed by atoms with van der Waals surface area (Å²) in [6.45, 7) is 3.65.